The number of hydrogen-bond acceptors (Lipinski definition) is 5. The quantitative estimate of drug-likeness (QED) is 0.495. The molecule has 0 aromatic carbocycles. The SMILES string of the molecule is O=C1OCC2=CC3C4=CC5=C(C=CC4[C@@H]3C=C12)C(=O)OC5=O. The van der Waals surface area contributed by atoms with Gasteiger partial charge in [-0.3, -0.25) is 0 Å². The first-order valence-corrected chi connectivity index (χ1v) is 7.14. The summed E-state index contributed by atoms with van der Waals surface area (Å²) in [5.41, 5.74) is 3.32. The van der Waals surface area contributed by atoms with Gasteiger partial charge in [0.1, 0.15) is 6.61 Å². The number of esters is 3. The van der Waals surface area contributed by atoms with Gasteiger partial charge in [0.15, 0.2) is 0 Å². The van der Waals surface area contributed by atoms with Gasteiger partial charge in [0.25, 0.3) is 0 Å². The largest absolute Gasteiger partial charge is 0.457 e. The topological polar surface area (TPSA) is 69.7 Å². The molecule has 3 aliphatic carbocycles. The molecule has 0 bridgehead atoms. The first kappa shape index (κ1) is 11.9. The predicted octanol–water partition coefficient (Wildman–Crippen LogP) is 1.15. The summed E-state index contributed by atoms with van der Waals surface area (Å²) in [7, 11) is 0. The Hall–Kier alpha value is -2.69. The molecule has 0 spiro atoms. The maximum absolute atomic E-state index is 11.8. The van der Waals surface area contributed by atoms with E-state index in [-0.39, 0.29) is 23.7 Å². The van der Waals surface area contributed by atoms with E-state index >= 15 is 0 Å². The molecule has 0 amide bonds. The summed E-state index contributed by atoms with van der Waals surface area (Å²) in [6.07, 6.45) is 9.39. The molecule has 1 saturated carbocycles. The molecule has 1 saturated heterocycles. The average Bonchev–Trinajstić information content (AvgIpc) is 2.90. The lowest BCUT2D eigenvalue weighted by atomic mass is 9.57. The molecule has 5 nitrogen and oxygen atoms in total. The minimum atomic E-state index is -0.588. The second kappa shape index (κ2) is 3.74. The number of fused-ring (bicyclic) bond motifs is 5. The van der Waals surface area contributed by atoms with Crippen LogP contribution < -0.4 is 0 Å². The number of rotatable bonds is 0. The van der Waals surface area contributed by atoms with E-state index in [2.05, 4.69) is 10.8 Å². The average molecular weight is 294 g/mol. The third kappa shape index (κ3) is 1.31. The predicted molar refractivity (Wildman–Crippen MR) is 72.9 cm³/mol. The maximum atomic E-state index is 11.8. The van der Waals surface area contributed by atoms with E-state index < -0.39 is 11.9 Å². The zero-order chi connectivity index (χ0) is 15.0. The van der Waals surface area contributed by atoms with E-state index in [1.807, 2.05) is 12.2 Å². The molecule has 2 unspecified atom stereocenters. The van der Waals surface area contributed by atoms with Crippen LogP contribution in [0.1, 0.15) is 0 Å². The van der Waals surface area contributed by atoms with Crippen LogP contribution in [0.5, 0.6) is 0 Å². The highest BCUT2D eigenvalue weighted by Gasteiger charge is 2.48. The van der Waals surface area contributed by atoms with Crippen molar-refractivity contribution in [3.05, 3.63) is 58.2 Å². The second-order valence-electron chi connectivity index (χ2n) is 5.99. The van der Waals surface area contributed by atoms with Gasteiger partial charge in [0.05, 0.1) is 16.7 Å². The molecule has 108 valence electrons. The molecule has 22 heavy (non-hydrogen) atoms. The zero-order valence-electron chi connectivity index (χ0n) is 11.4. The fourth-order valence-corrected chi connectivity index (χ4v) is 3.85. The highest BCUT2D eigenvalue weighted by molar-refractivity contribution is 6.15. The molecule has 2 heterocycles. The Balaban J connectivity index is 1.60. The van der Waals surface area contributed by atoms with Gasteiger partial charge in [0, 0.05) is 17.4 Å². The van der Waals surface area contributed by atoms with Crippen molar-refractivity contribution in [2.75, 3.05) is 6.61 Å². The van der Waals surface area contributed by atoms with Crippen molar-refractivity contribution in [2.24, 2.45) is 17.8 Å². The normalized spacial score (nSPS) is 34.3. The summed E-state index contributed by atoms with van der Waals surface area (Å²) < 4.78 is 9.71. The summed E-state index contributed by atoms with van der Waals surface area (Å²) in [5.74, 6) is -1.000. The summed E-state index contributed by atoms with van der Waals surface area (Å²) in [6.45, 7) is 0.316. The van der Waals surface area contributed by atoms with Crippen LogP contribution in [0.3, 0.4) is 0 Å². The number of cyclic esters (lactones) is 3. The Bertz CT molecular complexity index is 833. The Morgan fingerprint density at radius 1 is 0.955 bits per heavy atom. The lowest BCUT2D eigenvalue weighted by Gasteiger charge is -2.45. The van der Waals surface area contributed by atoms with Gasteiger partial charge in [-0.05, 0) is 12.0 Å². The van der Waals surface area contributed by atoms with Crippen molar-refractivity contribution in [3.63, 3.8) is 0 Å². The van der Waals surface area contributed by atoms with E-state index in [0.717, 1.165) is 11.1 Å². The van der Waals surface area contributed by atoms with Crippen molar-refractivity contribution >= 4 is 17.9 Å². The summed E-state index contributed by atoms with van der Waals surface area (Å²) in [6, 6.07) is 0. The lowest BCUT2D eigenvalue weighted by Crippen LogP contribution is -2.38. The molecule has 5 heteroatoms. The molecule has 2 fully saturated rings. The first-order valence-electron chi connectivity index (χ1n) is 7.14. The fourth-order valence-electron chi connectivity index (χ4n) is 3.85. The lowest BCUT2D eigenvalue weighted by molar-refractivity contribution is -0.150. The minimum Gasteiger partial charge on any atom is -0.457 e. The monoisotopic (exact) mass is 294 g/mol. The third-order valence-electron chi connectivity index (χ3n) is 4.96. The molecule has 0 aromatic rings. The van der Waals surface area contributed by atoms with Gasteiger partial charge in [0.2, 0.25) is 0 Å². The number of ether oxygens (including phenoxy) is 2. The number of hydrogen-bond donors (Lipinski definition) is 0. The van der Waals surface area contributed by atoms with Crippen molar-refractivity contribution in [3.8, 4) is 0 Å². The molecular formula is C17H10O5. The maximum Gasteiger partial charge on any atom is 0.346 e. The summed E-state index contributed by atoms with van der Waals surface area (Å²) >= 11 is 0. The molecule has 3 atom stereocenters. The first-order chi connectivity index (χ1) is 10.6. The van der Waals surface area contributed by atoms with Crippen LogP contribution in [0.25, 0.3) is 0 Å². The zero-order valence-corrected chi connectivity index (χ0v) is 11.4. The van der Waals surface area contributed by atoms with E-state index in [0.29, 0.717) is 23.3 Å². The molecule has 0 radical (unpaired) electrons. The van der Waals surface area contributed by atoms with Crippen LogP contribution in [0.2, 0.25) is 0 Å². The van der Waals surface area contributed by atoms with Crippen LogP contribution in [0.4, 0.5) is 0 Å². The van der Waals surface area contributed by atoms with Gasteiger partial charge < -0.3 is 9.47 Å². The van der Waals surface area contributed by atoms with Crippen LogP contribution in [-0.4, -0.2) is 24.5 Å². The smallest absolute Gasteiger partial charge is 0.346 e. The Morgan fingerprint density at radius 3 is 2.64 bits per heavy atom. The van der Waals surface area contributed by atoms with Crippen molar-refractivity contribution < 1.29 is 23.9 Å². The van der Waals surface area contributed by atoms with Crippen LogP contribution in [-0.2, 0) is 23.9 Å². The third-order valence-corrected chi connectivity index (χ3v) is 4.96. The van der Waals surface area contributed by atoms with Crippen LogP contribution >= 0.6 is 0 Å². The van der Waals surface area contributed by atoms with Gasteiger partial charge in [-0.15, -0.1) is 0 Å². The van der Waals surface area contributed by atoms with Crippen molar-refractivity contribution in [2.45, 2.75) is 0 Å². The second-order valence-corrected chi connectivity index (χ2v) is 5.99. The number of carbonyl (C=O) groups excluding carboxylic acids is 3. The highest BCUT2D eigenvalue weighted by Crippen LogP contribution is 2.54. The molecule has 0 aromatic heterocycles. The molecule has 2 aliphatic heterocycles. The molecule has 5 aliphatic rings. The van der Waals surface area contributed by atoms with Crippen molar-refractivity contribution in [1.29, 1.82) is 0 Å². The van der Waals surface area contributed by atoms with E-state index in [4.69, 9.17) is 4.74 Å². The standard InChI is InChI=1S/C17H10O5/c18-15-10-4-12-8-1-2-9-14(17(20)22-16(9)19)5-13(8)11(12)3-7(10)6-21-15/h1-5,8,11-12H,6H2/t8?,11?,12-/m0/s1. The minimum absolute atomic E-state index is 0.106. The van der Waals surface area contributed by atoms with Crippen LogP contribution in [0, 0.1) is 17.8 Å². The Labute approximate surface area is 125 Å². The number of allylic oxidation sites excluding steroid dienone is 4. The van der Waals surface area contributed by atoms with Gasteiger partial charge in [-0.25, -0.2) is 14.4 Å². The van der Waals surface area contributed by atoms with Crippen LogP contribution in [0.15, 0.2) is 58.2 Å². The Morgan fingerprint density at radius 2 is 1.77 bits per heavy atom. The van der Waals surface area contributed by atoms with Crippen molar-refractivity contribution in [1.82, 2.24) is 0 Å². The summed E-state index contributed by atoms with van der Waals surface area (Å²) in [5, 5.41) is 0. The van der Waals surface area contributed by atoms with E-state index in [9.17, 15) is 14.4 Å². The van der Waals surface area contributed by atoms with Gasteiger partial charge in [-0.2, -0.15) is 0 Å². The van der Waals surface area contributed by atoms with Gasteiger partial charge in [-0.1, -0.05) is 29.9 Å². The van der Waals surface area contributed by atoms with E-state index in [1.54, 1.807) is 12.2 Å². The molecule has 5 rings (SSSR count). The summed E-state index contributed by atoms with van der Waals surface area (Å²) in [4.78, 5) is 35.1. The van der Waals surface area contributed by atoms with Gasteiger partial charge >= 0.3 is 17.9 Å². The number of carbonyl (C=O) groups is 3. The fraction of sp³-hybridized carbons (Fsp3) is 0.235. The Kier molecular flexibility index (Phi) is 2.02. The highest BCUT2D eigenvalue weighted by atomic mass is 16.6. The van der Waals surface area contributed by atoms with E-state index in [1.165, 1.54) is 0 Å². The molecular weight excluding hydrogens is 284 g/mol. The molecule has 0 N–H and O–H groups in total.